The molecule has 164 valence electrons. The van der Waals surface area contributed by atoms with Crippen LogP contribution in [0.5, 0.6) is 0 Å². The molecule has 2 aromatic carbocycles. The molecule has 0 aromatic heterocycles. The van der Waals surface area contributed by atoms with Crippen LogP contribution in [0.4, 0.5) is 8.78 Å². The van der Waals surface area contributed by atoms with Gasteiger partial charge in [-0.3, -0.25) is 9.69 Å². The first-order valence-electron chi connectivity index (χ1n) is 11.4. The Bertz CT molecular complexity index is 965. The van der Waals surface area contributed by atoms with Crippen molar-refractivity contribution in [3.8, 4) is 0 Å². The van der Waals surface area contributed by atoms with Gasteiger partial charge in [-0.25, -0.2) is 8.78 Å². The molecule has 0 saturated carbocycles. The Kier molecular flexibility index (Phi) is 5.76. The normalized spacial score (nSPS) is 22.7. The fourth-order valence-electron chi connectivity index (χ4n) is 5.34. The minimum absolute atomic E-state index is 0.169. The molecule has 3 aliphatic rings. The van der Waals surface area contributed by atoms with Gasteiger partial charge >= 0.3 is 0 Å². The van der Waals surface area contributed by atoms with Crippen molar-refractivity contribution in [3.63, 3.8) is 0 Å². The summed E-state index contributed by atoms with van der Waals surface area (Å²) in [5.74, 6) is -0.122. The number of nitrogens with zero attached hydrogens (tertiary/aromatic N) is 2. The van der Waals surface area contributed by atoms with Crippen molar-refractivity contribution < 1.29 is 13.6 Å². The molecule has 1 N–H and O–H groups in total. The largest absolute Gasteiger partial charge is 0.330 e. The second-order valence-electron chi connectivity index (χ2n) is 9.14. The van der Waals surface area contributed by atoms with Crippen LogP contribution in [0, 0.1) is 11.6 Å². The summed E-state index contributed by atoms with van der Waals surface area (Å²) in [6, 6.07) is 10.3. The lowest BCUT2D eigenvalue weighted by atomic mass is 9.87. The summed E-state index contributed by atoms with van der Waals surface area (Å²) >= 11 is 0. The van der Waals surface area contributed by atoms with Gasteiger partial charge in [0, 0.05) is 36.8 Å². The molecule has 6 heteroatoms. The van der Waals surface area contributed by atoms with Crippen LogP contribution in [-0.4, -0.2) is 47.9 Å². The van der Waals surface area contributed by atoms with E-state index in [0.717, 1.165) is 69.1 Å². The van der Waals surface area contributed by atoms with Gasteiger partial charge in [-0.15, -0.1) is 0 Å². The lowest BCUT2D eigenvalue weighted by molar-refractivity contribution is 0.0674. The molecule has 0 bridgehead atoms. The number of hydrogen-bond donors (Lipinski definition) is 1. The highest BCUT2D eigenvalue weighted by atomic mass is 19.1. The van der Waals surface area contributed by atoms with Crippen LogP contribution in [0.2, 0.25) is 0 Å². The smallest absolute Gasteiger partial charge is 0.254 e. The summed E-state index contributed by atoms with van der Waals surface area (Å²) < 4.78 is 27.4. The molecule has 5 rings (SSSR count). The number of halogens is 2. The van der Waals surface area contributed by atoms with Crippen LogP contribution in [0.1, 0.15) is 58.6 Å². The van der Waals surface area contributed by atoms with Crippen molar-refractivity contribution >= 4 is 5.91 Å². The average Bonchev–Trinajstić information content (AvgIpc) is 3.13. The fraction of sp³-hybridized carbons (Fsp3) is 0.480. The predicted octanol–water partition coefficient (Wildman–Crippen LogP) is 4.05. The van der Waals surface area contributed by atoms with Crippen LogP contribution in [-0.2, 0) is 13.1 Å². The van der Waals surface area contributed by atoms with Crippen molar-refractivity contribution in [1.29, 1.82) is 0 Å². The molecule has 1 amide bonds. The Balaban J connectivity index is 1.22. The van der Waals surface area contributed by atoms with Gasteiger partial charge in [0.25, 0.3) is 5.91 Å². The first-order chi connectivity index (χ1) is 15.1. The number of likely N-dealkylation sites (tertiary alicyclic amines) is 1. The average molecular weight is 426 g/mol. The third-order valence-corrected chi connectivity index (χ3v) is 7.13. The summed E-state index contributed by atoms with van der Waals surface area (Å²) in [5, 5.41) is 3.41. The van der Waals surface area contributed by atoms with Gasteiger partial charge in [-0.05, 0) is 86.6 Å². The topological polar surface area (TPSA) is 35.6 Å². The molecule has 2 aromatic rings. The summed E-state index contributed by atoms with van der Waals surface area (Å²) in [6.07, 6.45) is 4.16. The van der Waals surface area contributed by atoms with Crippen molar-refractivity contribution in [1.82, 2.24) is 15.1 Å². The zero-order valence-corrected chi connectivity index (χ0v) is 17.7. The Morgan fingerprint density at radius 1 is 1.03 bits per heavy atom. The first-order valence-corrected chi connectivity index (χ1v) is 11.4. The standard InChI is InChI=1S/C25H29F2N3O/c26-21-4-6-24(27)20(13-21)15-29-10-7-17(8-11-29)18-3-5-23-19(12-18)16-30(25(23)31)22-2-1-9-28-14-22/h3-6,12-13,17,22,28H,1-2,7-11,14-16H2. The minimum Gasteiger partial charge on any atom is -0.330 e. The van der Waals surface area contributed by atoms with Crippen molar-refractivity contribution in [2.24, 2.45) is 0 Å². The van der Waals surface area contributed by atoms with E-state index in [1.165, 1.54) is 17.7 Å². The predicted molar refractivity (Wildman–Crippen MR) is 116 cm³/mol. The molecule has 0 aliphatic carbocycles. The lowest BCUT2D eigenvalue weighted by Gasteiger charge is -2.32. The maximum Gasteiger partial charge on any atom is 0.254 e. The number of fused-ring (bicyclic) bond motifs is 1. The highest BCUT2D eigenvalue weighted by Gasteiger charge is 2.34. The third-order valence-electron chi connectivity index (χ3n) is 7.13. The van der Waals surface area contributed by atoms with Crippen LogP contribution < -0.4 is 5.32 Å². The molecule has 4 nitrogen and oxygen atoms in total. The number of carbonyl (C=O) groups is 1. The summed E-state index contributed by atoms with van der Waals surface area (Å²) in [6.45, 7) is 4.80. The molecule has 0 spiro atoms. The Morgan fingerprint density at radius 3 is 2.65 bits per heavy atom. The van der Waals surface area contributed by atoms with E-state index in [1.54, 1.807) is 0 Å². The second-order valence-corrected chi connectivity index (χ2v) is 9.14. The Hall–Kier alpha value is -2.31. The highest BCUT2D eigenvalue weighted by Crippen LogP contribution is 2.33. The van der Waals surface area contributed by atoms with E-state index in [4.69, 9.17) is 0 Å². The van der Waals surface area contributed by atoms with Gasteiger partial charge in [0.05, 0.1) is 0 Å². The van der Waals surface area contributed by atoms with E-state index in [2.05, 4.69) is 22.3 Å². The third kappa shape index (κ3) is 4.23. The molecular weight excluding hydrogens is 396 g/mol. The maximum atomic E-state index is 14.0. The quantitative estimate of drug-likeness (QED) is 0.803. The SMILES string of the molecule is O=C1c2ccc(C3CCN(Cc4cc(F)ccc4F)CC3)cc2CN1C1CCCNC1. The zero-order valence-electron chi connectivity index (χ0n) is 17.7. The monoisotopic (exact) mass is 425 g/mol. The van der Waals surface area contributed by atoms with E-state index in [0.29, 0.717) is 30.6 Å². The number of nitrogens with one attached hydrogen (secondary N) is 1. The molecule has 1 atom stereocenters. The Morgan fingerprint density at radius 2 is 1.87 bits per heavy atom. The van der Waals surface area contributed by atoms with Gasteiger partial charge in [-0.1, -0.05) is 12.1 Å². The van der Waals surface area contributed by atoms with Gasteiger partial charge in [0.2, 0.25) is 0 Å². The minimum atomic E-state index is -0.392. The summed E-state index contributed by atoms with van der Waals surface area (Å²) in [7, 11) is 0. The van der Waals surface area contributed by atoms with Crippen LogP contribution in [0.25, 0.3) is 0 Å². The van der Waals surface area contributed by atoms with Crippen LogP contribution in [0.15, 0.2) is 36.4 Å². The molecular formula is C25H29F2N3O. The Labute approximate surface area is 182 Å². The maximum absolute atomic E-state index is 14.0. The lowest BCUT2D eigenvalue weighted by Crippen LogP contribution is -2.46. The van der Waals surface area contributed by atoms with Gasteiger partial charge < -0.3 is 10.2 Å². The van der Waals surface area contributed by atoms with Crippen molar-refractivity contribution in [2.45, 2.75) is 50.7 Å². The number of benzene rings is 2. The van der Waals surface area contributed by atoms with E-state index >= 15 is 0 Å². The number of amides is 1. The fourth-order valence-corrected chi connectivity index (χ4v) is 5.34. The number of rotatable bonds is 4. The molecule has 1 unspecified atom stereocenters. The molecule has 2 saturated heterocycles. The van der Waals surface area contributed by atoms with Gasteiger partial charge in [0.15, 0.2) is 0 Å². The number of piperidine rings is 2. The van der Waals surface area contributed by atoms with E-state index in [-0.39, 0.29) is 11.7 Å². The molecule has 0 radical (unpaired) electrons. The number of carbonyl (C=O) groups excluding carboxylic acids is 1. The summed E-state index contributed by atoms with van der Waals surface area (Å²) in [4.78, 5) is 17.1. The van der Waals surface area contributed by atoms with E-state index in [9.17, 15) is 13.6 Å². The van der Waals surface area contributed by atoms with Crippen LogP contribution in [0.3, 0.4) is 0 Å². The second kappa shape index (κ2) is 8.67. The van der Waals surface area contributed by atoms with Gasteiger partial charge in [0.1, 0.15) is 11.6 Å². The van der Waals surface area contributed by atoms with Crippen molar-refractivity contribution in [2.75, 3.05) is 26.2 Å². The van der Waals surface area contributed by atoms with E-state index in [1.807, 2.05) is 11.0 Å². The molecule has 31 heavy (non-hydrogen) atoms. The van der Waals surface area contributed by atoms with Crippen molar-refractivity contribution in [3.05, 3.63) is 70.3 Å². The first kappa shape index (κ1) is 20.6. The molecule has 3 heterocycles. The van der Waals surface area contributed by atoms with Crippen LogP contribution >= 0.6 is 0 Å². The van der Waals surface area contributed by atoms with E-state index < -0.39 is 5.82 Å². The van der Waals surface area contributed by atoms with Gasteiger partial charge in [-0.2, -0.15) is 0 Å². The molecule has 2 fully saturated rings. The molecule has 3 aliphatic heterocycles. The number of hydrogen-bond acceptors (Lipinski definition) is 3. The highest BCUT2D eigenvalue weighted by molar-refractivity contribution is 5.98. The zero-order chi connectivity index (χ0) is 21.4. The summed E-state index contributed by atoms with van der Waals surface area (Å²) in [5.41, 5.74) is 3.73.